The van der Waals surface area contributed by atoms with E-state index in [1.165, 1.54) is 6.20 Å². The number of amides is 1. The van der Waals surface area contributed by atoms with Crippen molar-refractivity contribution in [3.8, 4) is 0 Å². The smallest absolute Gasteiger partial charge is 0.255 e. The zero-order chi connectivity index (χ0) is 16.6. The van der Waals surface area contributed by atoms with Gasteiger partial charge in [-0.1, -0.05) is 18.2 Å². The van der Waals surface area contributed by atoms with E-state index in [1.54, 1.807) is 38.1 Å². The number of nitrogens with zero attached hydrogens (tertiary/aromatic N) is 2. The molecule has 2 aromatic rings. The number of sulfone groups is 1. The number of nitrogens with one attached hydrogen (secondary N) is 1. The van der Waals surface area contributed by atoms with E-state index in [0.29, 0.717) is 34.0 Å². The fraction of sp³-hybridized carbons (Fsp3) is 0.312. The number of aryl methyl sites for hydroxylation is 2. The van der Waals surface area contributed by atoms with Gasteiger partial charge in [-0.3, -0.25) is 4.79 Å². The highest BCUT2D eigenvalue weighted by Crippen LogP contribution is 2.32. The van der Waals surface area contributed by atoms with E-state index in [0.717, 1.165) is 0 Å². The largest absolute Gasteiger partial charge is 0.345 e. The Bertz CT molecular complexity index is 878. The number of fused-ring (bicyclic) bond motifs is 1. The van der Waals surface area contributed by atoms with Crippen LogP contribution in [0.5, 0.6) is 0 Å². The summed E-state index contributed by atoms with van der Waals surface area (Å²) in [6, 6.07) is 6.47. The number of hydrogen-bond donors (Lipinski definition) is 1. The van der Waals surface area contributed by atoms with Crippen molar-refractivity contribution in [3.63, 3.8) is 0 Å². The molecule has 23 heavy (non-hydrogen) atoms. The van der Waals surface area contributed by atoms with E-state index in [9.17, 15) is 13.2 Å². The van der Waals surface area contributed by atoms with Crippen LogP contribution < -0.4 is 5.32 Å². The Hall–Kier alpha value is -2.28. The van der Waals surface area contributed by atoms with Gasteiger partial charge in [-0.2, -0.15) is 0 Å². The molecular weight excluding hydrogens is 314 g/mol. The zero-order valence-electron chi connectivity index (χ0n) is 12.9. The number of rotatable bonds is 2. The maximum Gasteiger partial charge on any atom is 0.255 e. The molecule has 1 aliphatic rings. The summed E-state index contributed by atoms with van der Waals surface area (Å²) in [5.41, 5.74) is 1.64. The van der Waals surface area contributed by atoms with E-state index in [4.69, 9.17) is 0 Å². The van der Waals surface area contributed by atoms with E-state index in [-0.39, 0.29) is 17.7 Å². The first-order chi connectivity index (χ1) is 10.9. The lowest BCUT2D eigenvalue weighted by atomic mass is 10.0. The standard InChI is InChI=1S/C16H17N3O3S/c1-10-13(9-17-11(2)18-10)16(20)19-14-7-8-23(21,22)15-6-4-3-5-12(14)15/h3-6,9,14H,7-8H2,1-2H3,(H,19,20)/t14-/m0/s1. The summed E-state index contributed by atoms with van der Waals surface area (Å²) < 4.78 is 24.3. The van der Waals surface area contributed by atoms with Crippen molar-refractivity contribution in [3.05, 3.63) is 53.1 Å². The van der Waals surface area contributed by atoms with Gasteiger partial charge in [0.1, 0.15) is 5.82 Å². The minimum absolute atomic E-state index is 0.0261. The van der Waals surface area contributed by atoms with Gasteiger partial charge in [-0.25, -0.2) is 18.4 Å². The number of aromatic nitrogens is 2. The van der Waals surface area contributed by atoms with Crippen molar-refractivity contribution in [1.82, 2.24) is 15.3 Å². The summed E-state index contributed by atoms with van der Waals surface area (Å²) in [6.45, 7) is 3.51. The van der Waals surface area contributed by atoms with Crippen molar-refractivity contribution < 1.29 is 13.2 Å². The summed E-state index contributed by atoms with van der Waals surface area (Å²) in [7, 11) is -3.27. The molecule has 0 radical (unpaired) electrons. The first kappa shape index (κ1) is 15.6. The Kier molecular flexibility index (Phi) is 3.89. The van der Waals surface area contributed by atoms with Crippen LogP contribution in [-0.2, 0) is 9.84 Å². The fourth-order valence-corrected chi connectivity index (χ4v) is 4.40. The highest BCUT2D eigenvalue weighted by molar-refractivity contribution is 7.91. The van der Waals surface area contributed by atoms with Gasteiger partial charge < -0.3 is 5.32 Å². The molecule has 0 spiro atoms. The number of hydrogen-bond acceptors (Lipinski definition) is 5. The van der Waals surface area contributed by atoms with Crippen molar-refractivity contribution in [2.45, 2.75) is 31.2 Å². The van der Waals surface area contributed by atoms with Crippen LogP contribution in [-0.4, -0.2) is 30.0 Å². The lowest BCUT2D eigenvalue weighted by Gasteiger charge is -2.26. The lowest BCUT2D eigenvalue weighted by molar-refractivity contribution is 0.0933. The number of carbonyl (C=O) groups is 1. The normalized spacial score (nSPS) is 19.0. The van der Waals surface area contributed by atoms with Crippen LogP contribution in [0, 0.1) is 13.8 Å². The summed E-state index contributed by atoms with van der Waals surface area (Å²) in [5, 5.41) is 2.91. The summed E-state index contributed by atoms with van der Waals surface area (Å²) in [5.74, 6) is 0.341. The first-order valence-electron chi connectivity index (χ1n) is 7.31. The molecule has 2 heterocycles. The van der Waals surface area contributed by atoms with Crippen LogP contribution >= 0.6 is 0 Å². The molecule has 1 atom stereocenters. The first-order valence-corrected chi connectivity index (χ1v) is 8.96. The molecule has 0 fully saturated rings. The third-order valence-electron chi connectivity index (χ3n) is 3.95. The Morgan fingerprint density at radius 3 is 2.74 bits per heavy atom. The van der Waals surface area contributed by atoms with Crippen LogP contribution in [0.25, 0.3) is 0 Å². The van der Waals surface area contributed by atoms with E-state index in [1.807, 2.05) is 0 Å². The Balaban J connectivity index is 1.90. The Morgan fingerprint density at radius 1 is 1.26 bits per heavy atom. The molecule has 0 unspecified atom stereocenters. The molecule has 1 aliphatic heterocycles. The van der Waals surface area contributed by atoms with Crippen LogP contribution in [0.1, 0.15) is 39.9 Å². The van der Waals surface area contributed by atoms with Gasteiger partial charge in [0, 0.05) is 6.20 Å². The average Bonchev–Trinajstić information content (AvgIpc) is 2.50. The molecule has 120 valence electrons. The molecule has 3 rings (SSSR count). The van der Waals surface area contributed by atoms with E-state index < -0.39 is 9.84 Å². The van der Waals surface area contributed by atoms with Gasteiger partial charge in [0.2, 0.25) is 0 Å². The fourth-order valence-electron chi connectivity index (χ4n) is 2.78. The highest BCUT2D eigenvalue weighted by atomic mass is 32.2. The minimum Gasteiger partial charge on any atom is -0.345 e. The lowest BCUT2D eigenvalue weighted by Crippen LogP contribution is -2.34. The van der Waals surface area contributed by atoms with Gasteiger partial charge in [0.15, 0.2) is 9.84 Å². The Labute approximate surface area is 134 Å². The summed E-state index contributed by atoms with van der Waals surface area (Å²) >= 11 is 0. The average molecular weight is 331 g/mol. The second-order valence-corrected chi connectivity index (χ2v) is 7.67. The van der Waals surface area contributed by atoms with Crippen LogP contribution in [0.2, 0.25) is 0 Å². The predicted octanol–water partition coefficient (Wildman–Crippen LogP) is 1.74. The molecule has 1 aromatic carbocycles. The number of carbonyl (C=O) groups excluding carboxylic acids is 1. The van der Waals surface area contributed by atoms with Crippen molar-refractivity contribution >= 4 is 15.7 Å². The second-order valence-electron chi connectivity index (χ2n) is 5.59. The monoisotopic (exact) mass is 331 g/mol. The van der Waals surface area contributed by atoms with Crippen LogP contribution in [0.4, 0.5) is 0 Å². The van der Waals surface area contributed by atoms with Gasteiger partial charge in [0.05, 0.1) is 27.9 Å². The van der Waals surface area contributed by atoms with Crippen molar-refractivity contribution in [2.75, 3.05) is 5.75 Å². The quantitative estimate of drug-likeness (QED) is 0.905. The molecule has 1 aromatic heterocycles. The maximum absolute atomic E-state index is 12.5. The number of benzene rings is 1. The third kappa shape index (κ3) is 2.96. The zero-order valence-corrected chi connectivity index (χ0v) is 13.7. The topological polar surface area (TPSA) is 89.0 Å². The van der Waals surface area contributed by atoms with Crippen LogP contribution in [0.3, 0.4) is 0 Å². The molecule has 7 heteroatoms. The molecule has 1 N–H and O–H groups in total. The molecular formula is C16H17N3O3S. The minimum atomic E-state index is -3.27. The van der Waals surface area contributed by atoms with Gasteiger partial charge in [-0.05, 0) is 31.9 Å². The molecule has 1 amide bonds. The second kappa shape index (κ2) is 5.73. The molecule has 0 aliphatic carbocycles. The summed E-state index contributed by atoms with van der Waals surface area (Å²) in [4.78, 5) is 21.0. The third-order valence-corrected chi connectivity index (χ3v) is 5.77. The SMILES string of the molecule is Cc1ncc(C(=O)N[C@H]2CCS(=O)(=O)c3ccccc32)c(C)n1. The summed E-state index contributed by atoms with van der Waals surface area (Å²) in [6.07, 6.45) is 1.86. The van der Waals surface area contributed by atoms with Crippen molar-refractivity contribution in [2.24, 2.45) is 0 Å². The maximum atomic E-state index is 12.5. The van der Waals surface area contributed by atoms with Gasteiger partial charge >= 0.3 is 0 Å². The van der Waals surface area contributed by atoms with Gasteiger partial charge in [-0.15, -0.1) is 0 Å². The molecule has 0 saturated heterocycles. The predicted molar refractivity (Wildman–Crippen MR) is 84.8 cm³/mol. The highest BCUT2D eigenvalue weighted by Gasteiger charge is 2.31. The van der Waals surface area contributed by atoms with E-state index >= 15 is 0 Å². The van der Waals surface area contributed by atoms with Crippen molar-refractivity contribution in [1.29, 1.82) is 0 Å². The van der Waals surface area contributed by atoms with Gasteiger partial charge in [0.25, 0.3) is 5.91 Å². The molecule has 6 nitrogen and oxygen atoms in total. The Morgan fingerprint density at radius 2 is 2.00 bits per heavy atom. The van der Waals surface area contributed by atoms with E-state index in [2.05, 4.69) is 15.3 Å². The molecule has 0 saturated carbocycles. The molecule has 0 bridgehead atoms. The van der Waals surface area contributed by atoms with Crippen LogP contribution in [0.15, 0.2) is 35.4 Å².